The molecule has 0 saturated carbocycles. The lowest BCUT2D eigenvalue weighted by Crippen LogP contribution is -2.35. The lowest BCUT2D eigenvalue weighted by molar-refractivity contribution is 0.0342. The van der Waals surface area contributed by atoms with E-state index in [0.717, 1.165) is 38.5 Å². The van der Waals surface area contributed by atoms with Crippen LogP contribution in [-0.2, 0) is 17.8 Å². The van der Waals surface area contributed by atoms with Crippen LogP contribution < -0.4 is 10.6 Å². The van der Waals surface area contributed by atoms with Crippen LogP contribution in [-0.4, -0.2) is 36.3 Å². The molecule has 2 aromatic carbocycles. The normalized spacial score (nSPS) is 14.9. The molecule has 2 aromatic rings. The number of anilines is 1. The number of nitrogens with one attached hydrogen (secondary N) is 2. The van der Waals surface area contributed by atoms with Crippen molar-refractivity contribution in [3.63, 3.8) is 0 Å². The first-order valence-corrected chi connectivity index (χ1v) is 10.0. The van der Waals surface area contributed by atoms with Crippen molar-refractivity contribution < 1.29 is 4.74 Å². The molecule has 2 N–H and O–H groups in total. The topological polar surface area (TPSA) is 36.5 Å². The van der Waals surface area contributed by atoms with Crippen molar-refractivity contribution in [3.05, 3.63) is 65.2 Å². The molecule has 5 heteroatoms. The fourth-order valence-corrected chi connectivity index (χ4v) is 3.28. The molecule has 1 aliphatic rings. The molecular formula is C22H29N3OS. The fourth-order valence-electron chi connectivity index (χ4n) is 3.09. The molecule has 1 aliphatic heterocycles. The van der Waals surface area contributed by atoms with Crippen molar-refractivity contribution in [2.75, 3.05) is 31.6 Å². The second-order valence-electron chi connectivity index (χ2n) is 7.29. The van der Waals surface area contributed by atoms with Gasteiger partial charge >= 0.3 is 0 Å². The van der Waals surface area contributed by atoms with E-state index < -0.39 is 0 Å². The minimum atomic E-state index is 0.537. The summed E-state index contributed by atoms with van der Waals surface area (Å²) in [6, 6.07) is 17.2. The summed E-state index contributed by atoms with van der Waals surface area (Å²) in [5.41, 5.74) is 4.90. The zero-order chi connectivity index (χ0) is 19.1. The van der Waals surface area contributed by atoms with E-state index in [0.29, 0.717) is 17.6 Å². The summed E-state index contributed by atoms with van der Waals surface area (Å²) in [5, 5.41) is 7.17. The summed E-state index contributed by atoms with van der Waals surface area (Å²) in [6.07, 6.45) is 0. The van der Waals surface area contributed by atoms with Gasteiger partial charge in [-0.1, -0.05) is 50.2 Å². The number of nitrogens with zero attached hydrogens (tertiary/aromatic N) is 1. The molecule has 1 heterocycles. The number of hydrogen-bond donors (Lipinski definition) is 2. The lowest BCUT2D eigenvalue weighted by Gasteiger charge is -2.26. The SMILES string of the molecule is CC(C)c1ccc(NC(=S)NCc2ccc(CN3CCOCC3)cc2)cc1. The van der Waals surface area contributed by atoms with Crippen LogP contribution in [0, 0.1) is 0 Å². The third-order valence-electron chi connectivity index (χ3n) is 4.82. The molecule has 0 amide bonds. The van der Waals surface area contributed by atoms with Gasteiger partial charge in [-0.25, -0.2) is 0 Å². The quantitative estimate of drug-likeness (QED) is 0.734. The van der Waals surface area contributed by atoms with Gasteiger partial charge in [-0.15, -0.1) is 0 Å². The van der Waals surface area contributed by atoms with Crippen LogP contribution >= 0.6 is 12.2 Å². The molecule has 3 rings (SSSR count). The second kappa shape index (κ2) is 9.83. The molecule has 144 valence electrons. The standard InChI is InChI=1S/C22H29N3OS/c1-17(2)20-7-9-21(10-8-20)24-22(27)23-15-18-3-5-19(6-4-18)16-25-11-13-26-14-12-25/h3-10,17H,11-16H2,1-2H3,(H2,23,24,27). The average Bonchev–Trinajstić information content (AvgIpc) is 2.69. The molecular weight excluding hydrogens is 354 g/mol. The van der Waals surface area contributed by atoms with Crippen molar-refractivity contribution in [1.29, 1.82) is 0 Å². The molecule has 1 fully saturated rings. The Morgan fingerprint density at radius 3 is 2.26 bits per heavy atom. The van der Waals surface area contributed by atoms with Gasteiger partial charge in [0.1, 0.15) is 0 Å². The maximum absolute atomic E-state index is 5.41. The number of benzene rings is 2. The summed E-state index contributed by atoms with van der Waals surface area (Å²) >= 11 is 5.41. The van der Waals surface area contributed by atoms with E-state index in [1.165, 1.54) is 16.7 Å². The van der Waals surface area contributed by atoms with E-state index in [4.69, 9.17) is 17.0 Å². The van der Waals surface area contributed by atoms with Gasteiger partial charge in [0.25, 0.3) is 0 Å². The van der Waals surface area contributed by atoms with Crippen molar-refractivity contribution in [1.82, 2.24) is 10.2 Å². The van der Waals surface area contributed by atoms with Crippen LogP contribution in [0.5, 0.6) is 0 Å². The molecule has 0 aromatic heterocycles. The van der Waals surface area contributed by atoms with Crippen LogP contribution in [0.2, 0.25) is 0 Å². The number of thiocarbonyl (C=S) groups is 1. The second-order valence-corrected chi connectivity index (χ2v) is 7.70. The minimum Gasteiger partial charge on any atom is -0.379 e. The molecule has 0 bridgehead atoms. The Bertz CT molecular complexity index is 722. The zero-order valence-electron chi connectivity index (χ0n) is 16.2. The number of rotatable bonds is 6. The molecule has 0 spiro atoms. The summed E-state index contributed by atoms with van der Waals surface area (Å²) in [6.45, 7) is 9.81. The molecule has 0 radical (unpaired) electrons. The zero-order valence-corrected chi connectivity index (χ0v) is 17.0. The van der Waals surface area contributed by atoms with Crippen molar-refractivity contribution in [2.24, 2.45) is 0 Å². The highest BCUT2D eigenvalue weighted by Crippen LogP contribution is 2.17. The third-order valence-corrected chi connectivity index (χ3v) is 5.07. The third kappa shape index (κ3) is 6.31. The fraction of sp³-hybridized carbons (Fsp3) is 0.409. The minimum absolute atomic E-state index is 0.537. The number of morpholine rings is 1. The van der Waals surface area contributed by atoms with Crippen LogP contribution in [0.4, 0.5) is 5.69 Å². The summed E-state index contributed by atoms with van der Waals surface area (Å²) in [5.74, 6) is 0.537. The average molecular weight is 384 g/mol. The predicted octanol–water partition coefficient (Wildman–Crippen LogP) is 4.13. The molecule has 4 nitrogen and oxygen atoms in total. The molecule has 0 aliphatic carbocycles. The number of hydrogen-bond acceptors (Lipinski definition) is 3. The maximum Gasteiger partial charge on any atom is 0.171 e. The Hall–Kier alpha value is -1.95. The van der Waals surface area contributed by atoms with Crippen molar-refractivity contribution >= 4 is 23.0 Å². The van der Waals surface area contributed by atoms with E-state index in [-0.39, 0.29) is 0 Å². The smallest absolute Gasteiger partial charge is 0.171 e. The van der Waals surface area contributed by atoms with Crippen LogP contribution in [0.25, 0.3) is 0 Å². The van der Waals surface area contributed by atoms with E-state index in [1.54, 1.807) is 0 Å². The maximum atomic E-state index is 5.41. The Morgan fingerprint density at radius 1 is 1.00 bits per heavy atom. The molecule has 0 unspecified atom stereocenters. The van der Waals surface area contributed by atoms with Gasteiger partial charge in [-0.3, -0.25) is 4.90 Å². The highest BCUT2D eigenvalue weighted by atomic mass is 32.1. The highest BCUT2D eigenvalue weighted by Gasteiger charge is 2.10. The van der Waals surface area contributed by atoms with E-state index >= 15 is 0 Å². The Labute approximate surface area is 167 Å². The van der Waals surface area contributed by atoms with Gasteiger partial charge in [-0.2, -0.15) is 0 Å². The van der Waals surface area contributed by atoms with Crippen LogP contribution in [0.1, 0.15) is 36.5 Å². The highest BCUT2D eigenvalue weighted by molar-refractivity contribution is 7.80. The molecule has 1 saturated heterocycles. The van der Waals surface area contributed by atoms with Crippen LogP contribution in [0.15, 0.2) is 48.5 Å². The predicted molar refractivity (Wildman–Crippen MR) is 116 cm³/mol. The van der Waals surface area contributed by atoms with Gasteiger partial charge < -0.3 is 15.4 Å². The van der Waals surface area contributed by atoms with Gasteiger partial charge in [0.15, 0.2) is 5.11 Å². The first-order valence-electron chi connectivity index (χ1n) is 9.63. The number of ether oxygens (including phenoxy) is 1. The Kier molecular flexibility index (Phi) is 7.21. The summed E-state index contributed by atoms with van der Waals surface area (Å²) in [4.78, 5) is 2.43. The Balaban J connectivity index is 1.44. The lowest BCUT2D eigenvalue weighted by atomic mass is 10.0. The van der Waals surface area contributed by atoms with Gasteiger partial charge in [0, 0.05) is 31.9 Å². The van der Waals surface area contributed by atoms with E-state index in [9.17, 15) is 0 Å². The van der Waals surface area contributed by atoms with E-state index in [2.05, 4.69) is 77.9 Å². The summed E-state index contributed by atoms with van der Waals surface area (Å²) in [7, 11) is 0. The Morgan fingerprint density at radius 2 is 1.63 bits per heavy atom. The van der Waals surface area contributed by atoms with Crippen LogP contribution in [0.3, 0.4) is 0 Å². The van der Waals surface area contributed by atoms with Gasteiger partial charge in [0.05, 0.1) is 13.2 Å². The molecule has 27 heavy (non-hydrogen) atoms. The van der Waals surface area contributed by atoms with Crippen molar-refractivity contribution in [2.45, 2.75) is 32.9 Å². The summed E-state index contributed by atoms with van der Waals surface area (Å²) < 4.78 is 5.40. The first-order chi connectivity index (χ1) is 13.1. The van der Waals surface area contributed by atoms with E-state index in [1.807, 2.05) is 0 Å². The first kappa shape index (κ1) is 19.8. The van der Waals surface area contributed by atoms with Gasteiger partial charge in [0.2, 0.25) is 0 Å². The monoisotopic (exact) mass is 383 g/mol. The van der Waals surface area contributed by atoms with Crippen molar-refractivity contribution in [3.8, 4) is 0 Å². The molecule has 0 atom stereocenters. The van der Waals surface area contributed by atoms with Gasteiger partial charge in [-0.05, 0) is 47.0 Å². The largest absolute Gasteiger partial charge is 0.379 e.